The summed E-state index contributed by atoms with van der Waals surface area (Å²) in [5.41, 5.74) is 1.49. The lowest BCUT2D eigenvalue weighted by Crippen LogP contribution is -2.37. The number of amides is 1. The molecule has 0 radical (unpaired) electrons. The van der Waals surface area contributed by atoms with Gasteiger partial charge in [-0.05, 0) is 55.4 Å². The van der Waals surface area contributed by atoms with Gasteiger partial charge >= 0.3 is 0 Å². The second-order valence-electron chi connectivity index (χ2n) is 7.15. The second kappa shape index (κ2) is 8.12. The molecule has 2 aromatic heterocycles. The van der Waals surface area contributed by atoms with E-state index in [1.165, 1.54) is 28.0 Å². The summed E-state index contributed by atoms with van der Waals surface area (Å²) >= 11 is 6.90. The van der Waals surface area contributed by atoms with Crippen LogP contribution in [-0.2, 0) is 11.3 Å². The number of halogens is 1. The van der Waals surface area contributed by atoms with Crippen LogP contribution in [0, 0.1) is 9.77 Å². The zero-order valence-electron chi connectivity index (χ0n) is 16.5. The molecule has 8 heteroatoms. The van der Waals surface area contributed by atoms with E-state index in [-0.39, 0.29) is 29.9 Å². The van der Waals surface area contributed by atoms with Crippen molar-refractivity contribution in [2.45, 2.75) is 32.9 Å². The number of fused-ring (bicyclic) bond motifs is 3. The van der Waals surface area contributed by atoms with E-state index in [2.05, 4.69) is 5.32 Å². The van der Waals surface area contributed by atoms with Gasteiger partial charge in [0, 0.05) is 6.04 Å². The predicted octanol–water partition coefficient (Wildman–Crippen LogP) is 4.77. The maximum atomic E-state index is 13.9. The van der Waals surface area contributed by atoms with Crippen molar-refractivity contribution in [3.05, 3.63) is 68.7 Å². The minimum Gasteiger partial charge on any atom is -0.352 e. The number of para-hydroxylation sites is 1. The summed E-state index contributed by atoms with van der Waals surface area (Å²) in [5.74, 6) is -0.639. The van der Waals surface area contributed by atoms with Crippen molar-refractivity contribution in [1.29, 1.82) is 0 Å². The molecule has 0 bridgehead atoms. The first-order valence-corrected chi connectivity index (χ1v) is 10.9. The van der Waals surface area contributed by atoms with E-state index in [0.29, 0.717) is 30.9 Å². The van der Waals surface area contributed by atoms with Crippen molar-refractivity contribution < 1.29 is 9.18 Å². The Morgan fingerprint density at radius 3 is 2.73 bits per heavy atom. The third-order valence-electron chi connectivity index (χ3n) is 5.07. The fourth-order valence-electron chi connectivity index (χ4n) is 3.44. The van der Waals surface area contributed by atoms with Gasteiger partial charge in [0.15, 0.2) is 3.95 Å². The maximum absolute atomic E-state index is 13.9. The van der Waals surface area contributed by atoms with Gasteiger partial charge in [-0.2, -0.15) is 0 Å². The van der Waals surface area contributed by atoms with Crippen LogP contribution < -0.4 is 10.9 Å². The van der Waals surface area contributed by atoms with Crippen LogP contribution in [0.1, 0.15) is 20.3 Å². The normalized spacial score (nSPS) is 12.4. The Morgan fingerprint density at radius 1 is 1.23 bits per heavy atom. The van der Waals surface area contributed by atoms with Gasteiger partial charge < -0.3 is 5.32 Å². The number of benzene rings is 2. The van der Waals surface area contributed by atoms with E-state index in [1.807, 2.05) is 26.0 Å². The first-order chi connectivity index (χ1) is 14.4. The van der Waals surface area contributed by atoms with Crippen molar-refractivity contribution >= 4 is 46.0 Å². The Hall–Kier alpha value is -2.84. The number of nitrogens with zero attached hydrogens (tertiary/aromatic N) is 2. The topological polar surface area (TPSA) is 55.5 Å². The average Bonchev–Trinajstić information content (AvgIpc) is 3.08. The van der Waals surface area contributed by atoms with Gasteiger partial charge in [-0.3, -0.25) is 18.6 Å². The molecule has 1 N–H and O–H groups in total. The van der Waals surface area contributed by atoms with Crippen LogP contribution in [0.5, 0.6) is 0 Å². The number of thiazole rings is 1. The molecule has 0 aliphatic carbocycles. The van der Waals surface area contributed by atoms with Crippen LogP contribution >= 0.6 is 23.6 Å². The molecule has 1 unspecified atom stereocenters. The van der Waals surface area contributed by atoms with E-state index < -0.39 is 0 Å². The summed E-state index contributed by atoms with van der Waals surface area (Å²) in [6, 6.07) is 13.3. The van der Waals surface area contributed by atoms with Crippen molar-refractivity contribution in [3.8, 4) is 10.4 Å². The Balaban J connectivity index is 2.05. The molecule has 1 amide bonds. The summed E-state index contributed by atoms with van der Waals surface area (Å²) in [4.78, 5) is 26.7. The van der Waals surface area contributed by atoms with Gasteiger partial charge in [-0.1, -0.05) is 31.2 Å². The first kappa shape index (κ1) is 20.4. The molecule has 0 fully saturated rings. The molecule has 0 aliphatic rings. The number of hydrogen-bond acceptors (Lipinski definition) is 4. The van der Waals surface area contributed by atoms with E-state index in [0.717, 1.165) is 6.42 Å². The van der Waals surface area contributed by atoms with Crippen LogP contribution in [0.3, 0.4) is 0 Å². The highest BCUT2D eigenvalue weighted by Gasteiger charge is 2.20. The van der Waals surface area contributed by atoms with Crippen molar-refractivity contribution in [2.75, 3.05) is 0 Å². The summed E-state index contributed by atoms with van der Waals surface area (Å²) < 4.78 is 17.7. The number of hydrogen-bond donors (Lipinski definition) is 1. The number of rotatable bonds is 5. The first-order valence-electron chi connectivity index (χ1n) is 9.63. The van der Waals surface area contributed by atoms with Gasteiger partial charge in [0.25, 0.3) is 5.56 Å². The van der Waals surface area contributed by atoms with Gasteiger partial charge in [-0.25, -0.2) is 4.39 Å². The highest BCUT2D eigenvalue weighted by Crippen LogP contribution is 2.33. The van der Waals surface area contributed by atoms with Gasteiger partial charge in [0.2, 0.25) is 5.91 Å². The third-order valence-corrected chi connectivity index (χ3v) is 6.48. The van der Waals surface area contributed by atoms with Crippen LogP contribution in [0.15, 0.2) is 53.3 Å². The molecule has 154 valence electrons. The van der Waals surface area contributed by atoms with Gasteiger partial charge in [0.05, 0.1) is 15.8 Å². The quantitative estimate of drug-likeness (QED) is 0.454. The van der Waals surface area contributed by atoms with Crippen molar-refractivity contribution in [2.24, 2.45) is 0 Å². The van der Waals surface area contributed by atoms with Crippen LogP contribution in [0.25, 0.3) is 27.0 Å². The predicted molar refractivity (Wildman–Crippen MR) is 121 cm³/mol. The van der Waals surface area contributed by atoms with E-state index in [9.17, 15) is 14.0 Å². The highest BCUT2D eigenvalue weighted by atomic mass is 32.1. The lowest BCUT2D eigenvalue weighted by Gasteiger charge is -2.15. The number of carbonyl (C=O) groups is 1. The SMILES string of the molecule is CCC(C)NC(=O)Cn1c(=O)c2ccccc2n2c(=S)sc(-c3cccc(F)c3)c12. The Bertz CT molecular complexity index is 1390. The Morgan fingerprint density at radius 2 is 2.00 bits per heavy atom. The van der Waals surface area contributed by atoms with Crippen molar-refractivity contribution in [1.82, 2.24) is 14.3 Å². The molecular weight excluding hydrogens is 421 g/mol. The highest BCUT2D eigenvalue weighted by molar-refractivity contribution is 7.73. The minimum absolute atomic E-state index is 0.00326. The van der Waals surface area contributed by atoms with E-state index in [1.54, 1.807) is 28.7 Å². The maximum Gasteiger partial charge on any atom is 0.262 e. The van der Waals surface area contributed by atoms with E-state index >= 15 is 0 Å². The standard InChI is InChI=1S/C22H20FN3O2S2/c1-3-13(2)24-18(27)12-25-20-19(14-7-6-8-15(23)11-14)30-22(29)26(20)17-10-5-4-9-16(17)21(25)28/h4-11,13H,3,12H2,1-2H3,(H,24,27). The molecule has 2 heterocycles. The molecule has 2 aromatic carbocycles. The summed E-state index contributed by atoms with van der Waals surface area (Å²) in [6.07, 6.45) is 0.784. The van der Waals surface area contributed by atoms with E-state index in [4.69, 9.17) is 12.2 Å². The molecule has 4 aromatic rings. The molecule has 0 aliphatic heterocycles. The number of nitrogens with one attached hydrogen (secondary N) is 1. The van der Waals surface area contributed by atoms with Crippen LogP contribution in [0.2, 0.25) is 0 Å². The zero-order chi connectivity index (χ0) is 21.4. The molecule has 4 rings (SSSR count). The summed E-state index contributed by atoms with van der Waals surface area (Å²) in [5, 5.41) is 3.38. The van der Waals surface area contributed by atoms with Crippen molar-refractivity contribution in [3.63, 3.8) is 0 Å². The van der Waals surface area contributed by atoms with Crippen LogP contribution in [0.4, 0.5) is 4.39 Å². The molecular formula is C22H20FN3O2S2. The Labute approximate surface area is 181 Å². The molecule has 30 heavy (non-hydrogen) atoms. The molecule has 5 nitrogen and oxygen atoms in total. The fourth-order valence-corrected chi connectivity index (χ4v) is 4.87. The molecule has 0 saturated carbocycles. The molecule has 0 saturated heterocycles. The average molecular weight is 442 g/mol. The minimum atomic E-state index is -0.380. The zero-order valence-corrected chi connectivity index (χ0v) is 18.1. The Kier molecular flexibility index (Phi) is 5.53. The summed E-state index contributed by atoms with van der Waals surface area (Å²) in [6.45, 7) is 3.74. The van der Waals surface area contributed by atoms with Gasteiger partial charge in [-0.15, -0.1) is 11.3 Å². The lowest BCUT2D eigenvalue weighted by atomic mass is 10.2. The second-order valence-corrected chi connectivity index (χ2v) is 8.80. The van der Waals surface area contributed by atoms with Gasteiger partial charge in [0.1, 0.15) is 18.0 Å². The fraction of sp³-hybridized carbons (Fsp3) is 0.227. The smallest absolute Gasteiger partial charge is 0.262 e. The summed E-state index contributed by atoms with van der Waals surface area (Å²) in [7, 11) is 0. The molecule has 1 atom stereocenters. The molecule has 0 spiro atoms. The largest absolute Gasteiger partial charge is 0.352 e. The van der Waals surface area contributed by atoms with Crippen LogP contribution in [-0.4, -0.2) is 20.9 Å². The lowest BCUT2D eigenvalue weighted by molar-refractivity contribution is -0.122. The number of carbonyl (C=O) groups excluding carboxylic acids is 1. The number of aromatic nitrogens is 2. The third kappa shape index (κ3) is 3.57. The monoisotopic (exact) mass is 441 g/mol.